The molecule has 1 aliphatic carbocycles. The molecule has 0 amide bonds. The molecule has 0 aromatic heterocycles. The van der Waals surface area contributed by atoms with Crippen molar-refractivity contribution in [2.45, 2.75) is 45.2 Å². The number of aromatic carboxylic acids is 1. The molecule has 0 fully saturated rings. The van der Waals surface area contributed by atoms with Gasteiger partial charge in [0.2, 0.25) is 0 Å². The van der Waals surface area contributed by atoms with E-state index in [2.05, 4.69) is 16.0 Å². The van der Waals surface area contributed by atoms with E-state index >= 15 is 0 Å². The predicted octanol–water partition coefficient (Wildman–Crippen LogP) is 3.43. The first-order valence-corrected chi connectivity index (χ1v) is 13.6. The number of carbonyl (C=O) groups is 1. The Morgan fingerprint density at radius 3 is 2.50 bits per heavy atom. The van der Waals surface area contributed by atoms with Gasteiger partial charge in [-0.05, 0) is 55.0 Å². The van der Waals surface area contributed by atoms with Crippen LogP contribution < -0.4 is 10.3 Å². The van der Waals surface area contributed by atoms with Gasteiger partial charge < -0.3 is 34.8 Å². The van der Waals surface area contributed by atoms with Crippen LogP contribution in [0.4, 0.5) is 5.69 Å². The minimum Gasteiger partial charge on any atom is -0.478 e. The van der Waals surface area contributed by atoms with E-state index in [0.717, 1.165) is 49.7 Å². The minimum absolute atomic E-state index is 0.0406. The average Bonchev–Trinajstić information content (AvgIpc) is 2.94. The van der Waals surface area contributed by atoms with E-state index in [4.69, 9.17) is 4.42 Å². The molecule has 9 heteroatoms. The van der Waals surface area contributed by atoms with Crippen LogP contribution in [0.5, 0.6) is 0 Å². The van der Waals surface area contributed by atoms with Crippen LogP contribution in [0.15, 0.2) is 51.9 Å². The average molecular weight is 545 g/mol. The van der Waals surface area contributed by atoms with Gasteiger partial charge in [-0.2, -0.15) is 0 Å². The maximum absolute atomic E-state index is 12.3. The van der Waals surface area contributed by atoms with Crippen LogP contribution in [-0.4, -0.2) is 57.4 Å². The Morgan fingerprint density at radius 2 is 1.77 bits per heavy atom. The number of rotatable bonds is 6. The zero-order valence-electron chi connectivity index (χ0n) is 22.2. The van der Waals surface area contributed by atoms with Gasteiger partial charge in [0, 0.05) is 64.9 Å². The number of benzene rings is 3. The zero-order chi connectivity index (χ0) is 28.1. The van der Waals surface area contributed by atoms with Crippen LogP contribution in [-0.2, 0) is 12.8 Å². The Morgan fingerprint density at radius 1 is 1.02 bits per heavy atom. The monoisotopic (exact) mass is 544 g/mol. The van der Waals surface area contributed by atoms with E-state index in [1.165, 1.54) is 11.3 Å². The number of aryl methyl sites for hydroxylation is 2. The van der Waals surface area contributed by atoms with E-state index < -0.39 is 24.5 Å². The summed E-state index contributed by atoms with van der Waals surface area (Å²) in [5.41, 5.74) is 6.17. The standard InChI is InChI=1S/C31H32N2O7/c1-16(29(34)35)15-32-24-14-25-22(13-21(24)31(38)39)26(18-7-2-3-8-19(18)30(36)37)23-12-17-6-4-10-33-11-5-9-20(27(17)33)28(23)40-25/h2-3,7-8,12-14,16,29,31,34-35,38-39H,4-6,9-11,15H2,1H3,(H,36,37). The van der Waals surface area contributed by atoms with Crippen LogP contribution in [0.2, 0.25) is 0 Å². The van der Waals surface area contributed by atoms with Crippen molar-refractivity contribution in [1.82, 2.24) is 0 Å². The summed E-state index contributed by atoms with van der Waals surface area (Å²) < 4.78 is 6.61. The van der Waals surface area contributed by atoms with Gasteiger partial charge in [0.25, 0.3) is 0 Å². The van der Waals surface area contributed by atoms with Crippen molar-refractivity contribution < 1.29 is 34.7 Å². The number of aliphatic hydroxyl groups is 4. The highest BCUT2D eigenvalue weighted by molar-refractivity contribution is 6.09. The van der Waals surface area contributed by atoms with Gasteiger partial charge in [-0.3, -0.25) is 4.99 Å². The quantitative estimate of drug-likeness (QED) is 0.183. The molecule has 9 nitrogen and oxygen atoms in total. The minimum atomic E-state index is -1.87. The van der Waals surface area contributed by atoms with Gasteiger partial charge in [-0.15, -0.1) is 0 Å². The van der Waals surface area contributed by atoms with Gasteiger partial charge in [0.05, 0.1) is 10.9 Å². The second-order valence-electron chi connectivity index (χ2n) is 10.8. The highest BCUT2D eigenvalue weighted by Gasteiger charge is 2.30. The molecule has 2 aromatic carbocycles. The molecule has 6 rings (SSSR count). The predicted molar refractivity (Wildman–Crippen MR) is 149 cm³/mol. The number of hydrogen-bond donors (Lipinski definition) is 5. The molecule has 5 N–H and O–H groups in total. The lowest BCUT2D eigenvalue weighted by Gasteiger charge is -2.37. The fraction of sp³-hybridized carbons (Fsp3) is 0.355. The smallest absolute Gasteiger partial charge is 0.336 e. The fourth-order valence-corrected chi connectivity index (χ4v) is 6.11. The second-order valence-corrected chi connectivity index (χ2v) is 10.8. The Kier molecular flexibility index (Phi) is 6.83. The van der Waals surface area contributed by atoms with Gasteiger partial charge in [0.1, 0.15) is 11.3 Å². The summed E-state index contributed by atoms with van der Waals surface area (Å²) >= 11 is 0. The summed E-state index contributed by atoms with van der Waals surface area (Å²) in [7, 11) is 0. The maximum Gasteiger partial charge on any atom is 0.336 e. The summed E-state index contributed by atoms with van der Waals surface area (Å²) in [5, 5.41) is 50.8. The number of nitrogens with zero attached hydrogens (tertiary/aromatic N) is 2. The molecule has 40 heavy (non-hydrogen) atoms. The van der Waals surface area contributed by atoms with Crippen LogP contribution >= 0.6 is 0 Å². The van der Waals surface area contributed by atoms with Crippen LogP contribution in [0.3, 0.4) is 0 Å². The number of carboxylic acid groups (broad SMARTS) is 1. The number of fused-ring (bicyclic) bond motifs is 3. The molecule has 0 radical (unpaired) electrons. The molecule has 1 unspecified atom stereocenters. The van der Waals surface area contributed by atoms with Crippen molar-refractivity contribution in [3.63, 3.8) is 0 Å². The Hall–Kier alpha value is -3.76. The van der Waals surface area contributed by atoms with E-state index in [-0.39, 0.29) is 23.0 Å². The second kappa shape index (κ2) is 10.3. The lowest BCUT2D eigenvalue weighted by Crippen LogP contribution is -2.34. The van der Waals surface area contributed by atoms with Crippen LogP contribution in [0, 0.1) is 5.92 Å². The fourth-order valence-electron chi connectivity index (χ4n) is 6.11. The molecule has 0 saturated heterocycles. The van der Waals surface area contributed by atoms with Crippen molar-refractivity contribution in [2.24, 2.45) is 10.9 Å². The van der Waals surface area contributed by atoms with E-state index in [1.54, 1.807) is 43.3 Å². The third kappa shape index (κ3) is 4.45. The number of aliphatic hydroxyl groups excluding tert-OH is 2. The molecule has 0 saturated carbocycles. The highest BCUT2D eigenvalue weighted by atomic mass is 16.5. The molecule has 3 aliphatic heterocycles. The first-order chi connectivity index (χ1) is 19.2. The summed E-state index contributed by atoms with van der Waals surface area (Å²) in [6.07, 6.45) is 0.339. The molecule has 0 bridgehead atoms. The molecule has 208 valence electrons. The number of hydrogen-bond acceptors (Lipinski definition) is 8. The zero-order valence-corrected chi connectivity index (χ0v) is 22.2. The SMILES string of the molecule is CC(CN=c1cc2oc3c4c5c(cc3c(-c3ccccc3C(=O)O)c-2cc1C(O)O)CCCN5CCC4)C(O)O. The molecule has 0 spiro atoms. The molecule has 3 heterocycles. The molecular weight excluding hydrogens is 512 g/mol. The third-order valence-corrected chi connectivity index (χ3v) is 8.12. The van der Waals surface area contributed by atoms with E-state index in [9.17, 15) is 30.3 Å². The van der Waals surface area contributed by atoms with Crippen molar-refractivity contribution in [2.75, 3.05) is 24.5 Å². The Balaban J connectivity index is 1.74. The summed E-state index contributed by atoms with van der Waals surface area (Å²) in [4.78, 5) is 19.2. The summed E-state index contributed by atoms with van der Waals surface area (Å²) in [6, 6.07) is 12.1. The first-order valence-electron chi connectivity index (χ1n) is 13.6. The third-order valence-electron chi connectivity index (χ3n) is 8.12. The molecular formula is C31H32N2O7. The molecule has 2 aromatic rings. The van der Waals surface area contributed by atoms with Gasteiger partial charge in [-0.25, -0.2) is 4.79 Å². The van der Waals surface area contributed by atoms with E-state index in [0.29, 0.717) is 28.0 Å². The Bertz CT molecular complexity index is 1650. The normalized spacial score (nSPS) is 16.3. The lowest BCUT2D eigenvalue weighted by molar-refractivity contribution is -0.0756. The molecule has 4 aliphatic rings. The van der Waals surface area contributed by atoms with Crippen molar-refractivity contribution in [3.8, 4) is 22.5 Å². The topological polar surface area (TPSA) is 147 Å². The van der Waals surface area contributed by atoms with Gasteiger partial charge >= 0.3 is 5.97 Å². The number of anilines is 1. The van der Waals surface area contributed by atoms with Crippen molar-refractivity contribution in [1.29, 1.82) is 0 Å². The van der Waals surface area contributed by atoms with Crippen molar-refractivity contribution in [3.05, 3.63) is 70.1 Å². The van der Waals surface area contributed by atoms with E-state index in [1.807, 2.05) is 0 Å². The Labute approximate surface area is 230 Å². The number of carboxylic acids is 1. The molecule has 1 atom stereocenters. The van der Waals surface area contributed by atoms with Gasteiger partial charge in [-0.1, -0.05) is 25.1 Å². The van der Waals surface area contributed by atoms with Crippen molar-refractivity contribution >= 4 is 22.6 Å². The summed E-state index contributed by atoms with van der Waals surface area (Å²) in [5.74, 6) is -1.21. The largest absolute Gasteiger partial charge is 0.478 e. The maximum atomic E-state index is 12.3. The first kappa shape index (κ1) is 26.5. The lowest BCUT2D eigenvalue weighted by atomic mass is 9.85. The van der Waals surface area contributed by atoms with Crippen LogP contribution in [0.1, 0.15) is 53.1 Å². The highest BCUT2D eigenvalue weighted by Crippen LogP contribution is 2.47. The van der Waals surface area contributed by atoms with Gasteiger partial charge in [0.15, 0.2) is 12.6 Å². The summed E-state index contributed by atoms with van der Waals surface area (Å²) in [6.45, 7) is 3.65. The van der Waals surface area contributed by atoms with Crippen LogP contribution in [0.25, 0.3) is 33.4 Å².